The minimum Gasteiger partial charge on any atom is -0.496 e. The van der Waals surface area contributed by atoms with Gasteiger partial charge in [-0.15, -0.1) is 0 Å². The fourth-order valence-corrected chi connectivity index (χ4v) is 5.26. The highest BCUT2D eigenvalue weighted by molar-refractivity contribution is 5.89. The Kier molecular flexibility index (Phi) is 8.86. The zero-order valence-corrected chi connectivity index (χ0v) is 23.5. The maximum atomic E-state index is 13.3. The van der Waals surface area contributed by atoms with Gasteiger partial charge >= 0.3 is 18.4 Å². The molecule has 7 nitrogen and oxygen atoms in total. The number of urea groups is 1. The van der Waals surface area contributed by atoms with E-state index in [-0.39, 0.29) is 12.6 Å². The van der Waals surface area contributed by atoms with Crippen LogP contribution in [0.25, 0.3) is 10.9 Å². The maximum absolute atomic E-state index is 13.3. The predicted octanol–water partition coefficient (Wildman–Crippen LogP) is 6.97. The van der Waals surface area contributed by atoms with Gasteiger partial charge in [-0.3, -0.25) is 4.90 Å². The molecule has 2 N–H and O–H groups in total. The fourth-order valence-electron chi connectivity index (χ4n) is 5.26. The van der Waals surface area contributed by atoms with Crippen LogP contribution in [0.3, 0.4) is 0 Å². The Balaban J connectivity index is 1.31. The van der Waals surface area contributed by atoms with E-state index in [1.165, 1.54) is 7.11 Å². The Labute approximate surface area is 249 Å². The van der Waals surface area contributed by atoms with Gasteiger partial charge in [-0.2, -0.15) is 26.3 Å². The van der Waals surface area contributed by atoms with E-state index in [4.69, 9.17) is 9.72 Å². The molecule has 0 saturated carbocycles. The van der Waals surface area contributed by atoms with Crippen LogP contribution in [0.5, 0.6) is 5.75 Å². The monoisotopic (exact) mass is 617 g/mol. The molecular formula is C31H29F6N5O2. The van der Waals surface area contributed by atoms with Crippen LogP contribution in [0.2, 0.25) is 0 Å². The molecule has 1 saturated heterocycles. The van der Waals surface area contributed by atoms with E-state index in [9.17, 15) is 31.1 Å². The molecule has 3 aromatic carbocycles. The topological polar surface area (TPSA) is 69.7 Å². The van der Waals surface area contributed by atoms with Gasteiger partial charge in [0.2, 0.25) is 0 Å². The minimum atomic E-state index is -5.03. The molecular weight excluding hydrogens is 588 g/mol. The summed E-state index contributed by atoms with van der Waals surface area (Å²) in [4.78, 5) is 21.9. The number of carbonyl (C=O) groups is 1. The number of ether oxygens (including phenoxy) is 1. The van der Waals surface area contributed by atoms with E-state index in [0.717, 1.165) is 22.3 Å². The molecule has 1 aromatic heterocycles. The van der Waals surface area contributed by atoms with Crippen molar-refractivity contribution in [3.63, 3.8) is 0 Å². The number of hydrogen-bond donors (Lipinski definition) is 2. The van der Waals surface area contributed by atoms with E-state index in [2.05, 4.69) is 20.4 Å². The van der Waals surface area contributed by atoms with Gasteiger partial charge in [0, 0.05) is 49.4 Å². The highest BCUT2D eigenvalue weighted by Crippen LogP contribution is 2.37. The van der Waals surface area contributed by atoms with Crippen LogP contribution >= 0.6 is 0 Å². The highest BCUT2D eigenvalue weighted by Gasteiger charge is 2.37. The third-order valence-electron chi connectivity index (χ3n) is 7.46. The molecule has 232 valence electrons. The lowest BCUT2D eigenvalue weighted by Gasteiger charge is -2.40. The quantitative estimate of drug-likeness (QED) is 0.220. The molecule has 5 rings (SSSR count). The second-order valence-electron chi connectivity index (χ2n) is 10.3. The van der Waals surface area contributed by atoms with Crippen LogP contribution in [-0.2, 0) is 12.4 Å². The van der Waals surface area contributed by atoms with Crippen LogP contribution in [0.4, 0.5) is 42.6 Å². The molecule has 1 unspecified atom stereocenters. The van der Waals surface area contributed by atoms with Crippen molar-refractivity contribution in [1.29, 1.82) is 0 Å². The van der Waals surface area contributed by atoms with Gasteiger partial charge in [-0.25, -0.2) is 9.78 Å². The molecule has 44 heavy (non-hydrogen) atoms. The number of fused-ring (bicyclic) bond motifs is 1. The molecule has 1 aliphatic heterocycles. The van der Waals surface area contributed by atoms with Crippen LogP contribution in [-0.4, -0.2) is 55.7 Å². The van der Waals surface area contributed by atoms with E-state index >= 15 is 0 Å². The van der Waals surface area contributed by atoms with E-state index < -0.39 is 41.2 Å². The summed E-state index contributed by atoms with van der Waals surface area (Å²) in [6, 6.07) is 18.7. The van der Waals surface area contributed by atoms with Crippen LogP contribution in [0.15, 0.2) is 78.9 Å². The molecule has 2 heterocycles. The number of anilines is 2. The fraction of sp³-hybridized carbons (Fsp3) is 0.290. The first-order valence-corrected chi connectivity index (χ1v) is 13.7. The van der Waals surface area contributed by atoms with Gasteiger partial charge in [-0.1, -0.05) is 36.4 Å². The largest absolute Gasteiger partial charge is 0.496 e. The molecule has 4 aromatic rings. The molecule has 13 heteroatoms. The van der Waals surface area contributed by atoms with Crippen molar-refractivity contribution in [2.24, 2.45) is 0 Å². The van der Waals surface area contributed by atoms with Gasteiger partial charge < -0.3 is 20.3 Å². The average Bonchev–Trinajstić information content (AvgIpc) is 3.00. The lowest BCUT2D eigenvalue weighted by molar-refractivity contribution is -0.143. The number of nitrogens with zero attached hydrogens (tertiary/aromatic N) is 3. The van der Waals surface area contributed by atoms with Gasteiger partial charge in [0.1, 0.15) is 11.6 Å². The van der Waals surface area contributed by atoms with Gasteiger partial charge in [0.05, 0.1) is 29.8 Å². The normalized spacial score (nSPS) is 15.2. The first kappa shape index (κ1) is 30.9. The Morgan fingerprint density at radius 2 is 1.50 bits per heavy atom. The second-order valence-corrected chi connectivity index (χ2v) is 10.3. The summed E-state index contributed by atoms with van der Waals surface area (Å²) < 4.78 is 85.2. The Hall–Kier alpha value is -4.52. The lowest BCUT2D eigenvalue weighted by Crippen LogP contribution is -2.50. The molecule has 0 bridgehead atoms. The van der Waals surface area contributed by atoms with Crippen molar-refractivity contribution in [2.75, 3.05) is 50.1 Å². The van der Waals surface area contributed by atoms with E-state index in [0.29, 0.717) is 44.1 Å². The predicted molar refractivity (Wildman–Crippen MR) is 155 cm³/mol. The number of nitrogens with one attached hydrogen (secondary N) is 2. The SMILES string of the molecule is COc1ccccc1C(CNC(=O)Nc1cc(C(F)(F)F)cc(C(F)(F)F)c1)N1CCN(c2ccc3ccccc3n2)CC1. The molecule has 1 fully saturated rings. The number of halogens is 6. The van der Waals surface area contributed by atoms with Crippen LogP contribution in [0.1, 0.15) is 22.7 Å². The van der Waals surface area contributed by atoms with Crippen LogP contribution in [0, 0.1) is 0 Å². The van der Waals surface area contributed by atoms with Gasteiger partial charge in [0.25, 0.3) is 0 Å². The number of aromatic nitrogens is 1. The van der Waals surface area contributed by atoms with Crippen LogP contribution < -0.4 is 20.3 Å². The van der Waals surface area contributed by atoms with Crippen molar-refractivity contribution in [3.8, 4) is 5.75 Å². The smallest absolute Gasteiger partial charge is 0.416 e. The Bertz CT molecular complexity index is 1590. The first-order chi connectivity index (χ1) is 20.9. The number of alkyl halides is 6. The summed E-state index contributed by atoms with van der Waals surface area (Å²) in [6.45, 7) is 2.44. The number of rotatable bonds is 7. The zero-order chi connectivity index (χ0) is 31.5. The molecule has 0 spiro atoms. The summed E-state index contributed by atoms with van der Waals surface area (Å²) in [7, 11) is 1.52. The lowest BCUT2D eigenvalue weighted by atomic mass is 10.0. The van der Waals surface area contributed by atoms with E-state index in [1.807, 2.05) is 48.5 Å². The average molecular weight is 618 g/mol. The number of piperazine rings is 1. The molecule has 1 atom stereocenters. The van der Waals surface area contributed by atoms with Crippen molar-refractivity contribution in [2.45, 2.75) is 18.4 Å². The van der Waals surface area contributed by atoms with Gasteiger partial charge in [0.15, 0.2) is 0 Å². The minimum absolute atomic E-state index is 0.00548. The molecule has 0 aliphatic carbocycles. The summed E-state index contributed by atoms with van der Waals surface area (Å²) >= 11 is 0. The standard InChI is InChI=1S/C31H29F6N5O2/c1-44-27-9-5-3-7-24(27)26(41-12-14-42(15-13-41)28-11-10-20-6-2-4-8-25(20)40-28)19-38-29(43)39-23-17-21(30(32,33)34)16-22(18-23)31(35,36)37/h2-11,16-18,26H,12-15,19H2,1H3,(H2,38,39,43). The van der Waals surface area contributed by atoms with Crippen molar-refractivity contribution >= 4 is 28.4 Å². The maximum Gasteiger partial charge on any atom is 0.416 e. The Morgan fingerprint density at radius 3 is 2.16 bits per heavy atom. The molecule has 1 aliphatic rings. The number of hydrogen-bond acceptors (Lipinski definition) is 5. The van der Waals surface area contributed by atoms with Crippen molar-refractivity contribution in [1.82, 2.24) is 15.2 Å². The summed E-state index contributed by atoms with van der Waals surface area (Å²) in [5.41, 5.74) is -2.01. The number of amides is 2. The number of pyridine rings is 1. The summed E-state index contributed by atoms with van der Waals surface area (Å²) in [5, 5.41) is 5.79. The third-order valence-corrected chi connectivity index (χ3v) is 7.46. The highest BCUT2D eigenvalue weighted by atomic mass is 19.4. The van der Waals surface area contributed by atoms with Gasteiger partial charge in [-0.05, 0) is 42.5 Å². The molecule has 0 radical (unpaired) electrons. The summed E-state index contributed by atoms with van der Waals surface area (Å²) in [5.74, 6) is 1.42. The second kappa shape index (κ2) is 12.6. The third kappa shape index (κ3) is 7.16. The number of methoxy groups -OCH3 is 1. The van der Waals surface area contributed by atoms with E-state index in [1.54, 1.807) is 12.1 Å². The Morgan fingerprint density at radius 1 is 0.864 bits per heavy atom. The number of benzene rings is 3. The van der Waals surface area contributed by atoms with Crippen molar-refractivity contribution in [3.05, 3.63) is 95.6 Å². The van der Waals surface area contributed by atoms with Crippen molar-refractivity contribution < 1.29 is 35.9 Å². The first-order valence-electron chi connectivity index (χ1n) is 13.7. The number of carbonyl (C=O) groups excluding carboxylic acids is 1. The zero-order valence-electron chi connectivity index (χ0n) is 23.5. The summed E-state index contributed by atoms with van der Waals surface area (Å²) in [6.07, 6.45) is -10.1. The number of para-hydroxylation sites is 2. The molecule has 2 amide bonds.